The van der Waals surface area contributed by atoms with Crippen LogP contribution in [-0.4, -0.2) is 38.1 Å². The Morgan fingerprint density at radius 2 is 1.52 bits per heavy atom. The molecule has 0 fully saturated rings. The Morgan fingerprint density at radius 1 is 0.840 bits per heavy atom. The Bertz CT molecular complexity index is 677. The van der Waals surface area contributed by atoms with E-state index in [0.717, 1.165) is 0 Å². The maximum atomic E-state index is 11.6. The maximum absolute atomic E-state index is 11.6. The highest BCUT2D eigenvalue weighted by Crippen LogP contribution is 2.15. The third-order valence-corrected chi connectivity index (χ3v) is 3.32. The normalized spacial score (nSPS) is 9.96. The van der Waals surface area contributed by atoms with Crippen molar-refractivity contribution < 1.29 is 19.1 Å². The lowest BCUT2D eigenvalue weighted by atomic mass is 10.3. The lowest BCUT2D eigenvalue weighted by Gasteiger charge is -2.09. The number of ether oxygens (including phenoxy) is 2. The highest BCUT2D eigenvalue weighted by Gasteiger charge is 2.06. The second-order valence-electron chi connectivity index (χ2n) is 5.03. The van der Waals surface area contributed by atoms with Gasteiger partial charge in [0.2, 0.25) is 5.91 Å². The Hall–Kier alpha value is -2.73. The number of halogens is 1. The van der Waals surface area contributed by atoms with Gasteiger partial charge in [-0.15, -0.1) is 0 Å². The number of hydrogen-bond donors (Lipinski definition) is 2. The van der Waals surface area contributed by atoms with Gasteiger partial charge in [-0.05, 0) is 36.4 Å². The zero-order valence-corrected chi connectivity index (χ0v) is 14.3. The molecule has 0 saturated carbocycles. The van der Waals surface area contributed by atoms with Crippen LogP contribution in [0.15, 0.2) is 54.6 Å². The molecule has 0 radical (unpaired) electrons. The highest BCUT2D eigenvalue weighted by atomic mass is 35.5. The van der Waals surface area contributed by atoms with Gasteiger partial charge < -0.3 is 20.1 Å². The van der Waals surface area contributed by atoms with Gasteiger partial charge in [0.25, 0.3) is 5.91 Å². The summed E-state index contributed by atoms with van der Waals surface area (Å²) in [5, 5.41) is 5.77. The van der Waals surface area contributed by atoms with Gasteiger partial charge in [-0.2, -0.15) is 0 Å². The van der Waals surface area contributed by atoms with E-state index in [-0.39, 0.29) is 25.0 Å². The van der Waals surface area contributed by atoms with Crippen molar-refractivity contribution in [1.82, 2.24) is 10.6 Å². The topological polar surface area (TPSA) is 76.7 Å². The van der Waals surface area contributed by atoms with Crippen molar-refractivity contribution in [3.05, 3.63) is 59.6 Å². The number of rotatable bonds is 9. The summed E-state index contributed by atoms with van der Waals surface area (Å²) in [6.45, 7) is 0.394. The van der Waals surface area contributed by atoms with Crippen LogP contribution in [0.3, 0.4) is 0 Å². The molecule has 2 aromatic rings. The van der Waals surface area contributed by atoms with E-state index in [1.54, 1.807) is 36.4 Å². The van der Waals surface area contributed by atoms with E-state index in [0.29, 0.717) is 29.7 Å². The van der Waals surface area contributed by atoms with Crippen LogP contribution >= 0.6 is 11.6 Å². The van der Waals surface area contributed by atoms with Crippen LogP contribution in [0.2, 0.25) is 5.02 Å². The van der Waals surface area contributed by atoms with Crippen molar-refractivity contribution >= 4 is 23.4 Å². The van der Waals surface area contributed by atoms with E-state index in [4.69, 9.17) is 21.1 Å². The number of nitrogens with one attached hydrogen (secondary N) is 2. The summed E-state index contributed by atoms with van der Waals surface area (Å²) in [6.07, 6.45) is 0. The molecule has 0 atom stereocenters. The Morgan fingerprint density at radius 3 is 2.24 bits per heavy atom. The van der Waals surface area contributed by atoms with Crippen LogP contribution in [-0.2, 0) is 9.59 Å². The smallest absolute Gasteiger partial charge is 0.258 e. The SMILES string of the molecule is O=C(CNC(=O)COc1ccccc1)NCCOc1ccc(Cl)cc1. The minimum absolute atomic E-state index is 0.113. The van der Waals surface area contributed by atoms with Crippen LogP contribution in [0.25, 0.3) is 0 Å². The van der Waals surface area contributed by atoms with Crippen molar-refractivity contribution in [2.45, 2.75) is 0 Å². The van der Waals surface area contributed by atoms with Gasteiger partial charge in [-0.3, -0.25) is 9.59 Å². The predicted molar refractivity (Wildman–Crippen MR) is 94.9 cm³/mol. The van der Waals surface area contributed by atoms with Gasteiger partial charge in [-0.25, -0.2) is 0 Å². The minimum Gasteiger partial charge on any atom is -0.492 e. The molecule has 0 saturated heterocycles. The first-order valence-electron chi connectivity index (χ1n) is 7.73. The van der Waals surface area contributed by atoms with E-state index in [2.05, 4.69) is 10.6 Å². The monoisotopic (exact) mass is 362 g/mol. The first-order chi connectivity index (χ1) is 12.1. The molecule has 2 N–H and O–H groups in total. The number of para-hydroxylation sites is 1. The second kappa shape index (κ2) is 10.2. The average molecular weight is 363 g/mol. The molecule has 0 unspecified atom stereocenters. The summed E-state index contributed by atoms with van der Waals surface area (Å²) in [4.78, 5) is 23.2. The van der Waals surface area contributed by atoms with E-state index in [9.17, 15) is 9.59 Å². The molecule has 0 aromatic heterocycles. The van der Waals surface area contributed by atoms with Gasteiger partial charge in [0.05, 0.1) is 13.1 Å². The minimum atomic E-state index is -0.364. The molecule has 0 aliphatic carbocycles. The van der Waals surface area contributed by atoms with Crippen molar-refractivity contribution in [2.75, 3.05) is 26.3 Å². The number of amides is 2. The van der Waals surface area contributed by atoms with Crippen LogP contribution in [0.5, 0.6) is 11.5 Å². The fourth-order valence-electron chi connectivity index (χ4n) is 1.85. The molecule has 0 bridgehead atoms. The van der Waals surface area contributed by atoms with E-state index < -0.39 is 0 Å². The highest BCUT2D eigenvalue weighted by molar-refractivity contribution is 6.30. The summed E-state index contributed by atoms with van der Waals surface area (Å²) in [5.41, 5.74) is 0. The summed E-state index contributed by atoms with van der Waals surface area (Å²) in [5.74, 6) is 0.607. The van der Waals surface area contributed by atoms with Crippen LogP contribution in [0.4, 0.5) is 0 Å². The third kappa shape index (κ3) is 7.58. The van der Waals surface area contributed by atoms with E-state index in [1.165, 1.54) is 0 Å². The Labute approximate surface area is 151 Å². The molecule has 7 heteroatoms. The zero-order chi connectivity index (χ0) is 17.9. The van der Waals surface area contributed by atoms with Crippen molar-refractivity contribution in [3.63, 3.8) is 0 Å². The molecule has 2 amide bonds. The molecule has 6 nitrogen and oxygen atoms in total. The lowest BCUT2D eigenvalue weighted by molar-refractivity contribution is -0.127. The zero-order valence-electron chi connectivity index (χ0n) is 13.5. The van der Waals surface area contributed by atoms with Crippen LogP contribution in [0, 0.1) is 0 Å². The maximum Gasteiger partial charge on any atom is 0.258 e. The first-order valence-corrected chi connectivity index (χ1v) is 8.11. The summed E-state index contributed by atoms with van der Waals surface area (Å²) in [7, 11) is 0. The fraction of sp³-hybridized carbons (Fsp3) is 0.222. The molecule has 0 aliphatic heterocycles. The standard InChI is InChI=1S/C18H19ClN2O4/c19-14-6-8-16(9-7-14)24-11-10-20-17(22)12-21-18(23)13-25-15-4-2-1-3-5-15/h1-9H,10-13H2,(H,20,22)(H,21,23). The molecule has 2 aromatic carbocycles. The van der Waals surface area contributed by atoms with Crippen LogP contribution in [0.1, 0.15) is 0 Å². The van der Waals surface area contributed by atoms with Crippen molar-refractivity contribution in [1.29, 1.82) is 0 Å². The summed E-state index contributed by atoms with van der Waals surface area (Å²) in [6, 6.07) is 15.9. The van der Waals surface area contributed by atoms with Gasteiger partial charge in [0.1, 0.15) is 18.1 Å². The molecule has 132 valence electrons. The Kier molecular flexibility index (Phi) is 7.59. The summed E-state index contributed by atoms with van der Waals surface area (Å²) < 4.78 is 10.7. The fourth-order valence-corrected chi connectivity index (χ4v) is 1.97. The van der Waals surface area contributed by atoms with Gasteiger partial charge in [-0.1, -0.05) is 29.8 Å². The molecular weight excluding hydrogens is 344 g/mol. The Balaban J connectivity index is 1.54. The number of benzene rings is 2. The average Bonchev–Trinajstić information content (AvgIpc) is 2.64. The number of hydrogen-bond acceptors (Lipinski definition) is 4. The lowest BCUT2D eigenvalue weighted by Crippen LogP contribution is -2.40. The molecule has 0 aliphatic rings. The van der Waals surface area contributed by atoms with E-state index in [1.807, 2.05) is 18.2 Å². The van der Waals surface area contributed by atoms with Gasteiger partial charge in [0, 0.05) is 5.02 Å². The summed E-state index contributed by atoms with van der Waals surface area (Å²) >= 11 is 5.78. The molecular formula is C18H19ClN2O4. The predicted octanol–water partition coefficient (Wildman–Crippen LogP) is 2.03. The number of carbonyl (C=O) groups excluding carboxylic acids is 2. The molecule has 0 spiro atoms. The van der Waals surface area contributed by atoms with Crippen molar-refractivity contribution in [2.24, 2.45) is 0 Å². The molecule has 0 heterocycles. The molecule has 25 heavy (non-hydrogen) atoms. The van der Waals surface area contributed by atoms with Crippen molar-refractivity contribution in [3.8, 4) is 11.5 Å². The molecule has 2 rings (SSSR count). The van der Waals surface area contributed by atoms with Gasteiger partial charge in [0.15, 0.2) is 6.61 Å². The first kappa shape index (κ1) is 18.6. The third-order valence-electron chi connectivity index (χ3n) is 3.07. The van der Waals surface area contributed by atoms with Gasteiger partial charge >= 0.3 is 0 Å². The number of carbonyl (C=O) groups is 2. The van der Waals surface area contributed by atoms with E-state index >= 15 is 0 Å². The van der Waals surface area contributed by atoms with Crippen LogP contribution < -0.4 is 20.1 Å². The largest absolute Gasteiger partial charge is 0.492 e. The second-order valence-corrected chi connectivity index (χ2v) is 5.47. The quantitative estimate of drug-likeness (QED) is 0.669.